The molecule has 5 rings (SSSR count). The largest absolute Gasteiger partial charge is 0.464 e. The van der Waals surface area contributed by atoms with Gasteiger partial charge in [0.25, 0.3) is 5.91 Å². The minimum absolute atomic E-state index is 0.0719. The van der Waals surface area contributed by atoms with Gasteiger partial charge in [-0.2, -0.15) is 0 Å². The lowest BCUT2D eigenvalue weighted by Gasteiger charge is -2.08. The first kappa shape index (κ1) is 17.1. The number of carbonyl (C=O) groups is 2. The van der Waals surface area contributed by atoms with Crippen LogP contribution in [0.4, 0.5) is 0 Å². The van der Waals surface area contributed by atoms with Gasteiger partial charge >= 0.3 is 0 Å². The predicted octanol–water partition coefficient (Wildman–Crippen LogP) is 3.32. The molecule has 1 aromatic heterocycles. The van der Waals surface area contributed by atoms with E-state index < -0.39 is 5.91 Å². The first-order chi connectivity index (χ1) is 14.2. The summed E-state index contributed by atoms with van der Waals surface area (Å²) in [6.45, 7) is 0.129. The maximum Gasteiger partial charge on any atom is 0.269 e. The Balaban J connectivity index is 1.30. The molecule has 0 radical (unpaired) electrons. The van der Waals surface area contributed by atoms with E-state index in [9.17, 15) is 9.59 Å². The topological polar surface area (TPSA) is 89.8 Å². The zero-order chi connectivity index (χ0) is 19.8. The minimum atomic E-state index is -0.445. The summed E-state index contributed by atoms with van der Waals surface area (Å²) in [6.07, 6.45) is 1.65. The number of benzene rings is 3. The number of ether oxygens (including phenoxy) is 2. The molecule has 2 heterocycles. The van der Waals surface area contributed by atoms with E-state index >= 15 is 0 Å². The minimum Gasteiger partial charge on any atom is -0.464 e. The SMILES string of the molecule is O=C(Cc1coc2ccc3ccccc3c12)NNC(=O)c1ccc2c(c1)OCO2. The van der Waals surface area contributed by atoms with Crippen LogP contribution < -0.4 is 20.3 Å². The molecule has 0 bridgehead atoms. The van der Waals surface area contributed by atoms with Crippen molar-refractivity contribution in [3.05, 3.63) is 72.0 Å². The van der Waals surface area contributed by atoms with Crippen LogP contribution in [-0.4, -0.2) is 18.6 Å². The maximum atomic E-state index is 12.4. The summed E-state index contributed by atoms with van der Waals surface area (Å²) in [5.74, 6) is 0.291. The first-order valence-electron chi connectivity index (χ1n) is 9.06. The Kier molecular flexibility index (Phi) is 4.05. The van der Waals surface area contributed by atoms with Gasteiger partial charge in [0.15, 0.2) is 11.5 Å². The van der Waals surface area contributed by atoms with Gasteiger partial charge in [-0.1, -0.05) is 30.3 Å². The Hall–Kier alpha value is -4.00. The quantitative estimate of drug-likeness (QED) is 0.526. The monoisotopic (exact) mass is 388 g/mol. The van der Waals surface area contributed by atoms with Crippen LogP contribution in [0.5, 0.6) is 11.5 Å². The summed E-state index contributed by atoms with van der Waals surface area (Å²) in [6, 6.07) is 16.6. The molecule has 0 saturated heterocycles. The molecule has 7 heteroatoms. The molecule has 1 aliphatic heterocycles. The summed E-state index contributed by atoms with van der Waals surface area (Å²) in [4.78, 5) is 24.7. The van der Waals surface area contributed by atoms with Crippen molar-refractivity contribution < 1.29 is 23.5 Å². The van der Waals surface area contributed by atoms with Crippen molar-refractivity contribution in [2.24, 2.45) is 0 Å². The zero-order valence-corrected chi connectivity index (χ0v) is 15.2. The third kappa shape index (κ3) is 3.12. The van der Waals surface area contributed by atoms with E-state index in [4.69, 9.17) is 13.9 Å². The van der Waals surface area contributed by atoms with Crippen LogP contribution in [0, 0.1) is 0 Å². The van der Waals surface area contributed by atoms with Gasteiger partial charge in [0.1, 0.15) is 5.58 Å². The number of fused-ring (bicyclic) bond motifs is 4. The average Bonchev–Trinajstić information content (AvgIpc) is 3.38. The normalized spacial score (nSPS) is 12.3. The Bertz CT molecular complexity index is 1260. The molecule has 0 aliphatic carbocycles. The number of carbonyl (C=O) groups excluding carboxylic acids is 2. The Morgan fingerprint density at radius 1 is 0.931 bits per heavy atom. The number of hydrogen-bond acceptors (Lipinski definition) is 5. The van der Waals surface area contributed by atoms with Crippen LogP contribution in [0.2, 0.25) is 0 Å². The predicted molar refractivity (Wildman–Crippen MR) is 106 cm³/mol. The van der Waals surface area contributed by atoms with E-state index in [1.807, 2.05) is 36.4 Å². The highest BCUT2D eigenvalue weighted by Crippen LogP contribution is 2.32. The lowest BCUT2D eigenvalue weighted by atomic mass is 10.0. The number of hydrogen-bond donors (Lipinski definition) is 2. The van der Waals surface area contributed by atoms with Crippen molar-refractivity contribution >= 4 is 33.6 Å². The summed E-state index contributed by atoms with van der Waals surface area (Å²) in [7, 11) is 0. The molecule has 1 aliphatic rings. The van der Waals surface area contributed by atoms with Crippen molar-refractivity contribution in [3.63, 3.8) is 0 Å². The van der Waals surface area contributed by atoms with Gasteiger partial charge in [0.2, 0.25) is 12.7 Å². The van der Waals surface area contributed by atoms with Gasteiger partial charge in [-0.3, -0.25) is 20.4 Å². The van der Waals surface area contributed by atoms with Crippen LogP contribution >= 0.6 is 0 Å². The van der Waals surface area contributed by atoms with E-state index in [0.717, 1.165) is 27.3 Å². The van der Waals surface area contributed by atoms with Gasteiger partial charge in [-0.15, -0.1) is 0 Å². The van der Waals surface area contributed by atoms with Crippen LogP contribution in [0.25, 0.3) is 21.7 Å². The fourth-order valence-corrected chi connectivity index (χ4v) is 3.46. The molecule has 3 aromatic carbocycles. The molecule has 4 aromatic rings. The zero-order valence-electron chi connectivity index (χ0n) is 15.2. The van der Waals surface area contributed by atoms with Gasteiger partial charge in [-0.25, -0.2) is 0 Å². The second-order valence-electron chi connectivity index (χ2n) is 6.67. The average molecular weight is 388 g/mol. The van der Waals surface area contributed by atoms with Crippen LogP contribution in [0.15, 0.2) is 65.3 Å². The molecular formula is C22H16N2O5. The standard InChI is InChI=1S/C22H16N2O5/c25-20(23-24-22(26)14-6-7-17-19(9-14)29-12-28-17)10-15-11-27-18-8-5-13-3-1-2-4-16(13)21(15)18/h1-9,11H,10,12H2,(H,23,25)(H,24,26). The van der Waals surface area contributed by atoms with Gasteiger partial charge in [0, 0.05) is 16.5 Å². The molecule has 144 valence electrons. The number of furan rings is 1. The molecular weight excluding hydrogens is 372 g/mol. The Morgan fingerprint density at radius 2 is 1.79 bits per heavy atom. The van der Waals surface area contributed by atoms with Crippen molar-refractivity contribution in [2.45, 2.75) is 6.42 Å². The van der Waals surface area contributed by atoms with E-state index in [1.54, 1.807) is 24.5 Å². The molecule has 0 fully saturated rings. The van der Waals surface area contributed by atoms with Crippen molar-refractivity contribution in [1.82, 2.24) is 10.9 Å². The van der Waals surface area contributed by atoms with Crippen LogP contribution in [-0.2, 0) is 11.2 Å². The summed E-state index contributed by atoms with van der Waals surface area (Å²) < 4.78 is 16.1. The van der Waals surface area contributed by atoms with Crippen molar-refractivity contribution in [1.29, 1.82) is 0 Å². The van der Waals surface area contributed by atoms with Gasteiger partial charge in [-0.05, 0) is 35.0 Å². The molecule has 0 unspecified atom stereocenters. The summed E-state index contributed by atoms with van der Waals surface area (Å²) >= 11 is 0. The lowest BCUT2D eigenvalue weighted by molar-refractivity contribution is -0.121. The Labute approximate surface area is 165 Å². The Morgan fingerprint density at radius 3 is 2.72 bits per heavy atom. The highest BCUT2D eigenvalue weighted by molar-refractivity contribution is 6.08. The molecule has 2 amide bonds. The summed E-state index contributed by atoms with van der Waals surface area (Å²) in [5.41, 5.74) is 6.70. The van der Waals surface area contributed by atoms with Crippen molar-refractivity contribution in [3.8, 4) is 11.5 Å². The summed E-state index contributed by atoms with van der Waals surface area (Å²) in [5, 5.41) is 2.99. The van der Waals surface area contributed by atoms with Crippen molar-refractivity contribution in [2.75, 3.05) is 6.79 Å². The van der Waals surface area contributed by atoms with Crippen LogP contribution in [0.3, 0.4) is 0 Å². The number of amides is 2. The van der Waals surface area contributed by atoms with E-state index in [-0.39, 0.29) is 19.1 Å². The van der Waals surface area contributed by atoms with E-state index in [2.05, 4.69) is 10.9 Å². The fraction of sp³-hybridized carbons (Fsp3) is 0.0909. The number of hydrazine groups is 1. The first-order valence-corrected chi connectivity index (χ1v) is 9.06. The highest BCUT2D eigenvalue weighted by Gasteiger charge is 2.17. The van der Waals surface area contributed by atoms with Crippen LogP contribution in [0.1, 0.15) is 15.9 Å². The van der Waals surface area contributed by atoms with E-state index in [1.165, 1.54) is 0 Å². The highest BCUT2D eigenvalue weighted by atomic mass is 16.7. The fourth-order valence-electron chi connectivity index (χ4n) is 3.46. The second kappa shape index (κ2) is 6.87. The maximum absolute atomic E-state index is 12.4. The third-order valence-corrected chi connectivity index (χ3v) is 4.84. The molecule has 2 N–H and O–H groups in total. The molecule has 0 saturated carbocycles. The van der Waals surface area contributed by atoms with Gasteiger partial charge < -0.3 is 13.9 Å². The van der Waals surface area contributed by atoms with E-state index in [0.29, 0.717) is 17.1 Å². The molecule has 0 spiro atoms. The third-order valence-electron chi connectivity index (χ3n) is 4.84. The molecule has 7 nitrogen and oxygen atoms in total. The van der Waals surface area contributed by atoms with Gasteiger partial charge in [0.05, 0.1) is 12.7 Å². The lowest BCUT2D eigenvalue weighted by Crippen LogP contribution is -2.42. The smallest absolute Gasteiger partial charge is 0.269 e. The number of rotatable bonds is 3. The second-order valence-corrected chi connectivity index (χ2v) is 6.67. The number of nitrogens with one attached hydrogen (secondary N) is 2. The molecule has 29 heavy (non-hydrogen) atoms. The molecule has 0 atom stereocenters.